The molecule has 0 aliphatic heterocycles. The second kappa shape index (κ2) is 4.65. The van der Waals surface area contributed by atoms with Crippen molar-refractivity contribution in [2.75, 3.05) is 7.11 Å². The molecule has 92 valence electrons. The maximum absolute atomic E-state index is 11.0. The van der Waals surface area contributed by atoms with Gasteiger partial charge in [0.2, 0.25) is 0 Å². The van der Waals surface area contributed by atoms with Crippen molar-refractivity contribution in [3.63, 3.8) is 0 Å². The van der Waals surface area contributed by atoms with E-state index in [1.807, 2.05) is 0 Å². The van der Waals surface area contributed by atoms with E-state index in [1.54, 1.807) is 6.92 Å². The topological polar surface area (TPSA) is 98.9 Å². The smallest absolute Gasteiger partial charge is 0.309 e. The standard InChI is InChI=1S/C9H15NO6/c1-9(8(11)12)4-3-6(16-10(13)14)7(5-9)15-2/h6-7H,3-5H2,1-2H3,(H,11,12)/t6-,7-,9-/m1/s1. The van der Waals surface area contributed by atoms with E-state index in [9.17, 15) is 14.9 Å². The molecule has 0 unspecified atom stereocenters. The molecule has 0 heterocycles. The molecule has 0 saturated heterocycles. The molecular formula is C9H15NO6. The van der Waals surface area contributed by atoms with Crippen molar-refractivity contribution in [2.45, 2.75) is 38.4 Å². The van der Waals surface area contributed by atoms with Crippen molar-refractivity contribution < 1.29 is 24.6 Å². The third-order valence-corrected chi connectivity index (χ3v) is 3.09. The summed E-state index contributed by atoms with van der Waals surface area (Å²) in [5.41, 5.74) is -0.892. The molecule has 1 rings (SSSR count). The van der Waals surface area contributed by atoms with Crippen LogP contribution in [-0.4, -0.2) is 35.5 Å². The quantitative estimate of drug-likeness (QED) is 0.571. The predicted molar refractivity (Wildman–Crippen MR) is 52.3 cm³/mol. The van der Waals surface area contributed by atoms with Crippen molar-refractivity contribution >= 4 is 5.97 Å². The average molecular weight is 233 g/mol. The Morgan fingerprint density at radius 3 is 2.62 bits per heavy atom. The third kappa shape index (κ3) is 2.60. The van der Waals surface area contributed by atoms with Crippen molar-refractivity contribution in [3.05, 3.63) is 10.1 Å². The maximum Gasteiger partial charge on any atom is 0.309 e. The number of hydrogen-bond acceptors (Lipinski definition) is 5. The van der Waals surface area contributed by atoms with Gasteiger partial charge in [-0.1, -0.05) is 0 Å². The fraction of sp³-hybridized carbons (Fsp3) is 0.889. The van der Waals surface area contributed by atoms with Crippen molar-refractivity contribution in [1.82, 2.24) is 0 Å². The Labute approximate surface area is 92.4 Å². The summed E-state index contributed by atoms with van der Waals surface area (Å²) in [4.78, 5) is 25.7. The minimum Gasteiger partial charge on any atom is -0.481 e. The lowest BCUT2D eigenvalue weighted by atomic mass is 9.73. The zero-order valence-corrected chi connectivity index (χ0v) is 9.21. The lowest BCUT2D eigenvalue weighted by Crippen LogP contribution is -2.45. The van der Waals surface area contributed by atoms with Crippen LogP contribution >= 0.6 is 0 Å². The van der Waals surface area contributed by atoms with Gasteiger partial charge in [-0.15, -0.1) is 10.1 Å². The molecular weight excluding hydrogens is 218 g/mol. The Morgan fingerprint density at radius 2 is 2.19 bits per heavy atom. The number of carbonyl (C=O) groups is 1. The van der Waals surface area contributed by atoms with Crippen LogP contribution in [0.3, 0.4) is 0 Å². The molecule has 1 saturated carbocycles. The first-order valence-corrected chi connectivity index (χ1v) is 4.96. The van der Waals surface area contributed by atoms with Gasteiger partial charge in [0.05, 0.1) is 11.5 Å². The molecule has 0 radical (unpaired) electrons. The number of carboxylic acids is 1. The number of aliphatic carboxylic acids is 1. The molecule has 1 fully saturated rings. The van der Waals surface area contributed by atoms with E-state index in [-0.39, 0.29) is 6.42 Å². The zero-order valence-electron chi connectivity index (χ0n) is 9.21. The second-order valence-corrected chi connectivity index (χ2v) is 4.25. The van der Waals surface area contributed by atoms with Gasteiger partial charge >= 0.3 is 5.97 Å². The fourth-order valence-corrected chi connectivity index (χ4v) is 1.98. The Kier molecular flexibility index (Phi) is 3.69. The van der Waals surface area contributed by atoms with Crippen LogP contribution in [0.15, 0.2) is 0 Å². The van der Waals surface area contributed by atoms with Crippen molar-refractivity contribution in [3.8, 4) is 0 Å². The highest BCUT2D eigenvalue weighted by Crippen LogP contribution is 2.38. The molecule has 3 atom stereocenters. The summed E-state index contributed by atoms with van der Waals surface area (Å²) in [6.07, 6.45) is -0.354. The number of nitrogens with zero attached hydrogens (tertiary/aromatic N) is 1. The second-order valence-electron chi connectivity index (χ2n) is 4.25. The Hall–Kier alpha value is -1.37. The van der Waals surface area contributed by atoms with E-state index in [0.717, 1.165) is 0 Å². The highest BCUT2D eigenvalue weighted by molar-refractivity contribution is 5.74. The molecule has 7 nitrogen and oxygen atoms in total. The van der Waals surface area contributed by atoms with Crippen LogP contribution in [-0.2, 0) is 14.4 Å². The van der Waals surface area contributed by atoms with Gasteiger partial charge in [0.1, 0.15) is 6.10 Å². The number of methoxy groups -OCH3 is 1. The van der Waals surface area contributed by atoms with Crippen LogP contribution in [0, 0.1) is 15.5 Å². The Balaban J connectivity index is 2.70. The normalized spacial score (nSPS) is 34.4. The summed E-state index contributed by atoms with van der Waals surface area (Å²) >= 11 is 0. The van der Waals surface area contributed by atoms with Crippen molar-refractivity contribution in [1.29, 1.82) is 0 Å². The van der Waals surface area contributed by atoms with Crippen LogP contribution in [0.25, 0.3) is 0 Å². The summed E-state index contributed by atoms with van der Waals surface area (Å²) < 4.78 is 5.06. The lowest BCUT2D eigenvalue weighted by Gasteiger charge is -2.37. The van der Waals surface area contributed by atoms with Crippen LogP contribution in [0.2, 0.25) is 0 Å². The van der Waals surface area contributed by atoms with E-state index in [2.05, 4.69) is 4.84 Å². The monoisotopic (exact) mass is 233 g/mol. The largest absolute Gasteiger partial charge is 0.481 e. The van der Waals surface area contributed by atoms with Crippen LogP contribution < -0.4 is 0 Å². The van der Waals surface area contributed by atoms with Gasteiger partial charge in [0.25, 0.3) is 5.09 Å². The van der Waals surface area contributed by atoms with Crippen LogP contribution in [0.1, 0.15) is 26.2 Å². The molecule has 7 heteroatoms. The van der Waals surface area contributed by atoms with E-state index in [0.29, 0.717) is 12.8 Å². The first-order valence-electron chi connectivity index (χ1n) is 4.96. The highest BCUT2D eigenvalue weighted by atomic mass is 17.0. The maximum atomic E-state index is 11.0. The minimum atomic E-state index is -0.908. The van der Waals surface area contributed by atoms with Gasteiger partial charge in [-0.3, -0.25) is 4.79 Å². The summed E-state index contributed by atoms with van der Waals surface area (Å²) in [5, 5.41) is 18.4. The van der Waals surface area contributed by atoms with Crippen molar-refractivity contribution in [2.24, 2.45) is 5.41 Å². The molecule has 1 N–H and O–H groups in total. The Morgan fingerprint density at radius 1 is 1.56 bits per heavy atom. The van der Waals surface area contributed by atoms with E-state index >= 15 is 0 Å². The van der Waals surface area contributed by atoms with Gasteiger partial charge in [-0.2, -0.15) is 0 Å². The molecule has 0 aromatic carbocycles. The molecule has 0 aromatic rings. The number of ether oxygens (including phenoxy) is 1. The fourth-order valence-electron chi connectivity index (χ4n) is 1.98. The zero-order chi connectivity index (χ0) is 12.3. The number of carboxylic acid groups (broad SMARTS) is 1. The van der Waals surface area contributed by atoms with Gasteiger partial charge in [-0.05, 0) is 26.2 Å². The summed E-state index contributed by atoms with van der Waals surface area (Å²) in [7, 11) is 1.40. The van der Waals surface area contributed by atoms with Gasteiger partial charge in [-0.25, -0.2) is 0 Å². The average Bonchev–Trinajstić information content (AvgIpc) is 2.20. The Bertz CT molecular complexity index is 294. The SMILES string of the molecule is CO[C@@H]1C[C@](C)(C(=O)O)CC[C@H]1O[N+](=O)[O-]. The van der Waals surface area contributed by atoms with Crippen LogP contribution in [0.5, 0.6) is 0 Å². The van der Waals surface area contributed by atoms with Crippen LogP contribution in [0.4, 0.5) is 0 Å². The van der Waals surface area contributed by atoms with Gasteiger partial charge in [0.15, 0.2) is 0 Å². The molecule has 0 bridgehead atoms. The molecule has 1 aliphatic carbocycles. The predicted octanol–water partition coefficient (Wildman–Crippen LogP) is 0.853. The molecule has 16 heavy (non-hydrogen) atoms. The molecule has 0 spiro atoms. The summed E-state index contributed by atoms with van der Waals surface area (Å²) in [5.74, 6) is -0.908. The highest BCUT2D eigenvalue weighted by Gasteiger charge is 2.44. The van der Waals surface area contributed by atoms with Gasteiger partial charge in [0, 0.05) is 7.11 Å². The van der Waals surface area contributed by atoms with Gasteiger partial charge < -0.3 is 14.7 Å². The molecule has 0 amide bonds. The van der Waals surface area contributed by atoms with E-state index in [1.165, 1.54) is 7.11 Å². The molecule has 1 aliphatic rings. The number of hydrogen-bond donors (Lipinski definition) is 1. The first kappa shape index (κ1) is 12.7. The molecule has 0 aromatic heterocycles. The van der Waals surface area contributed by atoms with E-state index in [4.69, 9.17) is 9.84 Å². The number of rotatable bonds is 4. The lowest BCUT2D eigenvalue weighted by molar-refractivity contribution is -0.771. The summed E-state index contributed by atoms with van der Waals surface area (Å²) in [6.45, 7) is 1.61. The first-order chi connectivity index (χ1) is 7.39. The summed E-state index contributed by atoms with van der Waals surface area (Å²) in [6, 6.07) is 0. The minimum absolute atomic E-state index is 0.220. The van der Waals surface area contributed by atoms with E-state index < -0.39 is 28.7 Å². The third-order valence-electron chi connectivity index (χ3n) is 3.09.